The molecule has 4 nitrogen and oxygen atoms in total. The molecule has 0 aliphatic carbocycles. The van der Waals surface area contributed by atoms with Gasteiger partial charge in [0.2, 0.25) is 5.91 Å². The third-order valence-corrected chi connectivity index (χ3v) is 4.03. The summed E-state index contributed by atoms with van der Waals surface area (Å²) in [6, 6.07) is 15.1. The average molecular weight is 339 g/mol. The van der Waals surface area contributed by atoms with Crippen molar-refractivity contribution in [2.24, 2.45) is 0 Å². The van der Waals surface area contributed by atoms with Crippen LogP contribution in [0.5, 0.6) is 0 Å². The molecule has 1 aliphatic heterocycles. The second kappa shape index (κ2) is 7.75. The predicted octanol–water partition coefficient (Wildman–Crippen LogP) is 4.34. The molecule has 2 amide bonds. The molecular formula is C20H18FNO3. The van der Waals surface area contributed by atoms with Crippen LogP contribution in [-0.2, 0) is 9.53 Å². The van der Waals surface area contributed by atoms with Gasteiger partial charge in [0.25, 0.3) is 0 Å². The van der Waals surface area contributed by atoms with Gasteiger partial charge in [0, 0.05) is 6.42 Å². The van der Waals surface area contributed by atoms with Crippen LogP contribution in [0.2, 0.25) is 0 Å². The maximum atomic E-state index is 12.8. The van der Waals surface area contributed by atoms with Crippen molar-refractivity contribution < 1.29 is 18.7 Å². The Kier molecular flexibility index (Phi) is 5.23. The van der Waals surface area contributed by atoms with Gasteiger partial charge in [-0.2, -0.15) is 0 Å². The minimum absolute atomic E-state index is 0.181. The number of imide groups is 1. The highest BCUT2D eigenvalue weighted by atomic mass is 19.1. The van der Waals surface area contributed by atoms with Gasteiger partial charge in [0.05, 0.1) is 0 Å². The summed E-state index contributed by atoms with van der Waals surface area (Å²) in [7, 11) is 0. The highest BCUT2D eigenvalue weighted by Gasteiger charge is 2.38. The molecule has 5 heteroatoms. The number of ether oxygens (including phenoxy) is 1. The number of rotatable bonds is 5. The number of nitrogens with zero attached hydrogens (tertiary/aromatic N) is 1. The monoisotopic (exact) mass is 339 g/mol. The first-order valence-electron chi connectivity index (χ1n) is 8.11. The van der Waals surface area contributed by atoms with Crippen LogP contribution >= 0.6 is 0 Å². The Balaban J connectivity index is 1.59. The lowest BCUT2D eigenvalue weighted by Gasteiger charge is -2.19. The molecular weight excluding hydrogens is 321 g/mol. The lowest BCUT2D eigenvalue weighted by atomic mass is 10.1. The summed E-state index contributed by atoms with van der Waals surface area (Å²) in [5.74, 6) is -0.549. The molecule has 0 radical (unpaired) electrons. The Morgan fingerprint density at radius 3 is 2.60 bits per heavy atom. The number of hydrogen-bond donors (Lipinski definition) is 0. The van der Waals surface area contributed by atoms with Gasteiger partial charge in [-0.25, -0.2) is 14.1 Å². The fraction of sp³-hybridized carbons (Fsp3) is 0.200. The van der Waals surface area contributed by atoms with E-state index < -0.39 is 6.09 Å². The number of amides is 2. The smallest absolute Gasteiger partial charge is 0.417 e. The second-order valence-corrected chi connectivity index (χ2v) is 5.76. The van der Waals surface area contributed by atoms with Crippen molar-refractivity contribution in [2.45, 2.75) is 18.9 Å². The largest absolute Gasteiger partial charge is 0.446 e. The lowest BCUT2D eigenvalue weighted by Crippen LogP contribution is -2.33. The molecule has 0 bridgehead atoms. The number of carbonyl (C=O) groups excluding carboxylic acids is 2. The maximum absolute atomic E-state index is 12.8. The summed E-state index contributed by atoms with van der Waals surface area (Å²) in [6.45, 7) is 0.181. The molecule has 3 rings (SSSR count). The van der Waals surface area contributed by atoms with E-state index in [4.69, 9.17) is 4.74 Å². The van der Waals surface area contributed by atoms with E-state index in [1.165, 1.54) is 17.0 Å². The van der Waals surface area contributed by atoms with Crippen molar-refractivity contribution in [1.82, 2.24) is 4.90 Å². The summed E-state index contributed by atoms with van der Waals surface area (Å²) in [4.78, 5) is 25.5. The zero-order chi connectivity index (χ0) is 17.6. The van der Waals surface area contributed by atoms with Crippen LogP contribution < -0.4 is 0 Å². The van der Waals surface area contributed by atoms with Crippen LogP contribution in [0.4, 0.5) is 9.18 Å². The minimum Gasteiger partial charge on any atom is -0.446 e. The van der Waals surface area contributed by atoms with Gasteiger partial charge >= 0.3 is 6.09 Å². The Morgan fingerprint density at radius 2 is 1.88 bits per heavy atom. The lowest BCUT2D eigenvalue weighted by molar-refractivity contribution is -0.129. The Morgan fingerprint density at radius 1 is 1.16 bits per heavy atom. The van der Waals surface area contributed by atoms with Gasteiger partial charge in [-0.3, -0.25) is 4.79 Å². The van der Waals surface area contributed by atoms with E-state index >= 15 is 0 Å². The Hall–Kier alpha value is -2.95. The molecule has 128 valence electrons. The SMILES string of the molecule is O=C(CCC=Cc1ccc(F)cc1)N1C(=O)OC[C@@H]1c1ccccc1. The van der Waals surface area contributed by atoms with Crippen LogP contribution in [-0.4, -0.2) is 23.5 Å². The van der Waals surface area contributed by atoms with Crippen LogP contribution in [0.3, 0.4) is 0 Å². The molecule has 1 fully saturated rings. The second-order valence-electron chi connectivity index (χ2n) is 5.76. The minimum atomic E-state index is -0.596. The predicted molar refractivity (Wildman–Crippen MR) is 92.0 cm³/mol. The molecule has 1 aliphatic rings. The zero-order valence-corrected chi connectivity index (χ0v) is 13.6. The van der Waals surface area contributed by atoms with Gasteiger partial charge in [0.1, 0.15) is 18.5 Å². The molecule has 0 unspecified atom stereocenters. The van der Waals surface area contributed by atoms with Crippen molar-refractivity contribution in [3.63, 3.8) is 0 Å². The first kappa shape index (κ1) is 16.9. The van der Waals surface area contributed by atoms with Crippen molar-refractivity contribution in [3.05, 3.63) is 77.6 Å². The molecule has 2 aromatic rings. The number of benzene rings is 2. The molecule has 1 heterocycles. The summed E-state index contributed by atoms with van der Waals surface area (Å²) in [5, 5.41) is 0. The molecule has 0 spiro atoms. The summed E-state index contributed by atoms with van der Waals surface area (Å²) in [6.07, 6.45) is 3.76. The van der Waals surface area contributed by atoms with Crippen LogP contribution in [0.15, 0.2) is 60.7 Å². The standard InChI is InChI=1S/C20H18FNO3/c21-17-12-10-15(11-13-17)6-4-5-9-19(23)22-18(14-25-20(22)24)16-7-2-1-3-8-16/h1-4,6-8,10-13,18H,5,9,14H2/t18-/m1/s1. The molecule has 0 aromatic heterocycles. The molecule has 25 heavy (non-hydrogen) atoms. The van der Waals surface area contributed by atoms with Crippen molar-refractivity contribution in [3.8, 4) is 0 Å². The van der Waals surface area contributed by atoms with Gasteiger partial charge in [-0.15, -0.1) is 0 Å². The zero-order valence-electron chi connectivity index (χ0n) is 13.6. The Labute approximate surface area is 145 Å². The van der Waals surface area contributed by atoms with Gasteiger partial charge in [0.15, 0.2) is 0 Å². The summed E-state index contributed by atoms with van der Waals surface area (Å²) < 4.78 is 17.9. The number of hydrogen-bond acceptors (Lipinski definition) is 3. The van der Waals surface area contributed by atoms with E-state index in [9.17, 15) is 14.0 Å². The van der Waals surface area contributed by atoms with E-state index in [1.54, 1.807) is 12.1 Å². The van der Waals surface area contributed by atoms with Crippen molar-refractivity contribution in [1.29, 1.82) is 0 Å². The molecule has 2 aromatic carbocycles. The van der Waals surface area contributed by atoms with E-state index in [-0.39, 0.29) is 30.8 Å². The maximum Gasteiger partial charge on any atom is 0.417 e. The molecule has 1 saturated heterocycles. The van der Waals surface area contributed by atoms with Crippen LogP contribution in [0, 0.1) is 5.82 Å². The average Bonchev–Trinajstić information content (AvgIpc) is 3.02. The quantitative estimate of drug-likeness (QED) is 0.814. The third kappa shape index (κ3) is 4.12. The number of halogens is 1. The summed E-state index contributed by atoms with van der Waals surface area (Å²) >= 11 is 0. The molecule has 0 N–H and O–H groups in total. The van der Waals surface area contributed by atoms with Crippen molar-refractivity contribution in [2.75, 3.05) is 6.61 Å². The van der Waals surface area contributed by atoms with Crippen molar-refractivity contribution >= 4 is 18.1 Å². The highest BCUT2D eigenvalue weighted by molar-refractivity contribution is 5.93. The highest BCUT2D eigenvalue weighted by Crippen LogP contribution is 2.28. The van der Waals surface area contributed by atoms with E-state index in [0.29, 0.717) is 6.42 Å². The van der Waals surface area contributed by atoms with E-state index in [2.05, 4.69) is 0 Å². The number of carbonyl (C=O) groups is 2. The van der Waals surface area contributed by atoms with E-state index in [1.807, 2.05) is 42.5 Å². The van der Waals surface area contributed by atoms with Crippen LogP contribution in [0.1, 0.15) is 30.0 Å². The molecule has 1 atom stereocenters. The van der Waals surface area contributed by atoms with Gasteiger partial charge < -0.3 is 4.74 Å². The van der Waals surface area contributed by atoms with Gasteiger partial charge in [-0.1, -0.05) is 54.6 Å². The van der Waals surface area contributed by atoms with Crippen LogP contribution in [0.25, 0.3) is 6.08 Å². The topological polar surface area (TPSA) is 46.6 Å². The number of allylic oxidation sites excluding steroid dienone is 1. The fourth-order valence-corrected chi connectivity index (χ4v) is 2.74. The summed E-state index contributed by atoms with van der Waals surface area (Å²) in [5.41, 5.74) is 1.74. The first-order valence-corrected chi connectivity index (χ1v) is 8.11. The number of cyclic esters (lactones) is 1. The Bertz CT molecular complexity index is 771. The van der Waals surface area contributed by atoms with Gasteiger partial charge in [-0.05, 0) is 29.7 Å². The first-order chi connectivity index (χ1) is 12.1. The fourth-order valence-electron chi connectivity index (χ4n) is 2.74. The normalized spacial score (nSPS) is 17.1. The van der Waals surface area contributed by atoms with E-state index in [0.717, 1.165) is 11.1 Å². The third-order valence-electron chi connectivity index (χ3n) is 4.03. The molecule has 0 saturated carbocycles.